The van der Waals surface area contributed by atoms with Gasteiger partial charge >= 0.3 is 5.69 Å². The number of aryl methyl sites for hydroxylation is 1. The van der Waals surface area contributed by atoms with Gasteiger partial charge in [0.15, 0.2) is 0 Å². The van der Waals surface area contributed by atoms with E-state index in [2.05, 4.69) is 4.98 Å². The molecule has 1 aliphatic rings. The molecule has 50 heavy (non-hydrogen) atoms. The van der Waals surface area contributed by atoms with Crippen LogP contribution in [0, 0.1) is 6.92 Å². The van der Waals surface area contributed by atoms with Gasteiger partial charge in [0.05, 0.1) is 26.9 Å². The van der Waals surface area contributed by atoms with Crippen LogP contribution >= 0.6 is 18.0 Å². The molecule has 1 aromatic heterocycles. The number of methoxy groups -OCH3 is 2. The molecule has 260 valence electrons. The van der Waals surface area contributed by atoms with Crippen LogP contribution in [0.25, 0.3) is 0 Å². The molecule has 0 spiro atoms. The number of hydrogen-bond donors (Lipinski definition) is 1. The van der Waals surface area contributed by atoms with Gasteiger partial charge in [0.2, 0.25) is 0 Å². The molecule has 0 bridgehead atoms. The molecule has 1 N–H and O–H groups in total. The van der Waals surface area contributed by atoms with E-state index >= 15 is 0 Å². The minimum Gasteiger partial charge on any atom is -0.497 e. The Morgan fingerprint density at radius 1 is 0.840 bits per heavy atom. The van der Waals surface area contributed by atoms with Crippen molar-refractivity contribution in [3.8, 4) is 11.5 Å². The van der Waals surface area contributed by atoms with Crippen molar-refractivity contribution in [1.82, 2.24) is 9.55 Å². The topological polar surface area (TPSA) is 118 Å². The van der Waals surface area contributed by atoms with E-state index in [1.54, 1.807) is 27.8 Å². The number of hydrogen-bond acceptors (Lipinski definition) is 9. The molecule has 10 nitrogen and oxygen atoms in total. The lowest BCUT2D eigenvalue weighted by atomic mass is 9.80. The summed E-state index contributed by atoms with van der Waals surface area (Å²) in [5.41, 5.74) is 0.639. The number of aromatic nitrogens is 2. The zero-order chi connectivity index (χ0) is 35.3. The van der Waals surface area contributed by atoms with Crippen molar-refractivity contribution in [3.05, 3.63) is 158 Å². The molecule has 4 aromatic carbocycles. The first-order valence-corrected chi connectivity index (χ1v) is 19.6. The SMILES string of the molecule is COc1ccc(C(OC[C@H]2O[C@@H](n3cc(C)c(=O)[nH]c3=O)C[C@@H]2O[P@](C)(=O)Sc2ccccc2)(c2ccccc2)c2ccc(OC)cc2)cc1. The van der Waals surface area contributed by atoms with Crippen molar-refractivity contribution in [3.63, 3.8) is 0 Å². The van der Waals surface area contributed by atoms with Gasteiger partial charge in [-0.2, -0.15) is 0 Å². The first-order chi connectivity index (χ1) is 24.1. The fourth-order valence-electron chi connectivity index (χ4n) is 6.15. The van der Waals surface area contributed by atoms with Crippen LogP contribution < -0.4 is 20.7 Å². The van der Waals surface area contributed by atoms with Crippen LogP contribution in [0.5, 0.6) is 11.5 Å². The highest BCUT2D eigenvalue weighted by Gasteiger charge is 2.44. The molecule has 1 aliphatic heterocycles. The van der Waals surface area contributed by atoms with Crippen LogP contribution in [0.1, 0.15) is 34.9 Å². The molecular formula is C38H39N2O8PS. The maximum absolute atomic E-state index is 14.0. The molecule has 0 amide bonds. The average Bonchev–Trinajstić information content (AvgIpc) is 3.52. The summed E-state index contributed by atoms with van der Waals surface area (Å²) in [6.45, 7) is -0.113. The lowest BCUT2D eigenvalue weighted by molar-refractivity contribution is -0.0911. The normalized spacial score (nSPS) is 18.8. The molecule has 0 radical (unpaired) electrons. The minimum absolute atomic E-state index is 0.0127. The van der Waals surface area contributed by atoms with Crippen LogP contribution in [0.15, 0.2) is 130 Å². The van der Waals surface area contributed by atoms with Gasteiger partial charge in [0.1, 0.15) is 29.4 Å². The molecule has 0 aliphatic carbocycles. The number of nitrogens with one attached hydrogen (secondary N) is 1. The van der Waals surface area contributed by atoms with Crippen LogP contribution in [0.2, 0.25) is 0 Å². The zero-order valence-electron chi connectivity index (χ0n) is 28.2. The summed E-state index contributed by atoms with van der Waals surface area (Å²) in [6, 6.07) is 34.6. The number of rotatable bonds is 13. The smallest absolute Gasteiger partial charge is 0.330 e. The monoisotopic (exact) mass is 714 g/mol. The third kappa shape index (κ3) is 7.67. The highest BCUT2D eigenvalue weighted by molar-refractivity contribution is 8.56. The van der Waals surface area contributed by atoms with Crippen LogP contribution in [0.3, 0.4) is 0 Å². The molecular weight excluding hydrogens is 675 g/mol. The molecule has 6 rings (SSSR count). The number of H-pyrrole nitrogens is 1. The fraction of sp³-hybridized carbons (Fsp3) is 0.263. The lowest BCUT2D eigenvalue weighted by Gasteiger charge is -2.37. The minimum atomic E-state index is -3.30. The Bertz CT molecular complexity index is 2010. The fourth-order valence-corrected chi connectivity index (χ4v) is 9.55. The van der Waals surface area contributed by atoms with Gasteiger partial charge < -0.3 is 23.5 Å². The van der Waals surface area contributed by atoms with Crippen LogP contribution in [-0.2, 0) is 24.2 Å². The van der Waals surface area contributed by atoms with E-state index in [-0.39, 0.29) is 13.0 Å². The van der Waals surface area contributed by atoms with E-state index in [0.717, 1.165) is 33.0 Å². The molecule has 0 unspecified atom stereocenters. The second kappa shape index (κ2) is 15.2. The van der Waals surface area contributed by atoms with Crippen LogP contribution in [-0.4, -0.2) is 49.3 Å². The lowest BCUT2D eigenvalue weighted by Crippen LogP contribution is -2.38. The van der Waals surface area contributed by atoms with Crippen molar-refractivity contribution in [2.24, 2.45) is 0 Å². The zero-order valence-corrected chi connectivity index (χ0v) is 29.9. The van der Waals surface area contributed by atoms with Crippen molar-refractivity contribution >= 4 is 18.0 Å². The van der Waals surface area contributed by atoms with E-state index in [9.17, 15) is 14.2 Å². The van der Waals surface area contributed by atoms with E-state index in [1.165, 1.54) is 10.8 Å². The van der Waals surface area contributed by atoms with Crippen molar-refractivity contribution in [1.29, 1.82) is 0 Å². The first-order valence-electron chi connectivity index (χ1n) is 16.1. The second-order valence-electron chi connectivity index (χ2n) is 12.0. The number of benzene rings is 4. The molecule has 4 atom stereocenters. The van der Waals surface area contributed by atoms with E-state index in [4.69, 9.17) is 23.5 Å². The summed E-state index contributed by atoms with van der Waals surface area (Å²) < 4.78 is 46.3. The van der Waals surface area contributed by atoms with Crippen molar-refractivity contribution < 1.29 is 28.0 Å². The van der Waals surface area contributed by atoms with Gasteiger partial charge in [-0.3, -0.25) is 18.9 Å². The molecule has 0 saturated carbocycles. The Morgan fingerprint density at radius 3 is 1.94 bits per heavy atom. The summed E-state index contributed by atoms with van der Waals surface area (Å²) in [4.78, 5) is 28.3. The maximum Gasteiger partial charge on any atom is 0.330 e. The second-order valence-corrected chi connectivity index (χ2v) is 16.9. The molecule has 1 fully saturated rings. The van der Waals surface area contributed by atoms with Gasteiger partial charge in [0.25, 0.3) is 12.1 Å². The van der Waals surface area contributed by atoms with Crippen molar-refractivity contribution in [2.45, 2.75) is 42.3 Å². The molecule has 1 saturated heterocycles. The summed E-state index contributed by atoms with van der Waals surface area (Å²) in [6.07, 6.45) is -0.642. The van der Waals surface area contributed by atoms with E-state index < -0.39 is 41.9 Å². The predicted octanol–water partition coefficient (Wildman–Crippen LogP) is 7.16. The first kappa shape index (κ1) is 35.4. The highest BCUT2D eigenvalue weighted by Crippen LogP contribution is 2.61. The van der Waals surface area contributed by atoms with E-state index in [1.807, 2.05) is 109 Å². The van der Waals surface area contributed by atoms with Crippen LogP contribution in [0.4, 0.5) is 0 Å². The Kier molecular flexibility index (Phi) is 10.8. The Balaban J connectivity index is 1.41. The Labute approximate surface area is 294 Å². The summed E-state index contributed by atoms with van der Waals surface area (Å²) in [5.74, 6) is 1.38. The van der Waals surface area contributed by atoms with Gasteiger partial charge in [-0.15, -0.1) is 0 Å². The third-order valence-electron chi connectivity index (χ3n) is 8.62. The number of aromatic amines is 1. The van der Waals surface area contributed by atoms with Gasteiger partial charge in [0, 0.05) is 29.7 Å². The Morgan fingerprint density at radius 2 is 1.38 bits per heavy atom. The average molecular weight is 715 g/mol. The van der Waals surface area contributed by atoms with Gasteiger partial charge in [-0.25, -0.2) is 4.79 Å². The molecule has 2 heterocycles. The van der Waals surface area contributed by atoms with Gasteiger partial charge in [-0.1, -0.05) is 72.8 Å². The third-order valence-corrected chi connectivity index (χ3v) is 12.0. The molecule has 12 heteroatoms. The van der Waals surface area contributed by atoms with E-state index in [0.29, 0.717) is 17.1 Å². The number of nitrogens with zero attached hydrogens (tertiary/aromatic N) is 1. The summed E-state index contributed by atoms with van der Waals surface area (Å²) in [5, 5.41) is 0. The quantitative estimate of drug-likeness (QED) is 0.100. The largest absolute Gasteiger partial charge is 0.497 e. The number of ether oxygens (including phenoxy) is 4. The Hall–Kier alpha value is -4.38. The van der Waals surface area contributed by atoms with Crippen molar-refractivity contribution in [2.75, 3.05) is 27.5 Å². The highest BCUT2D eigenvalue weighted by atomic mass is 32.7. The predicted molar refractivity (Wildman–Crippen MR) is 194 cm³/mol. The molecule has 5 aromatic rings. The summed E-state index contributed by atoms with van der Waals surface area (Å²) >= 11 is 1.16. The summed E-state index contributed by atoms with van der Waals surface area (Å²) in [7, 11) is 3.23. The maximum atomic E-state index is 14.0. The van der Waals surface area contributed by atoms with Gasteiger partial charge in [-0.05, 0) is 71.4 Å². The standard InChI is InChI=1S/C38H39N2O8PS/c1-26-24-40(37(42)39-36(26)41)35-23-33(48-49(4,43)50-32-13-9-6-10-14-32)34(47-35)25-46-38(27-11-7-5-8-12-27,28-15-19-30(44-2)20-16-28)29-17-21-31(45-3)22-18-29/h5-22,24,33-35H,23,25H2,1-4H3,(H,39,41,42)/t33-,34+,35+,49-/m0/s1.